The average Bonchev–Trinajstić information content (AvgIpc) is 2.16. The van der Waals surface area contributed by atoms with Gasteiger partial charge in [-0.25, -0.2) is 0 Å². The number of rotatable bonds is 2. The van der Waals surface area contributed by atoms with Crippen LogP contribution in [-0.2, 0) is 0 Å². The van der Waals surface area contributed by atoms with Crippen molar-refractivity contribution in [3.8, 4) is 6.07 Å². The van der Waals surface area contributed by atoms with Gasteiger partial charge in [0.25, 0.3) is 5.69 Å². The molecular formula is C9H7BrN2O2. The molecule has 0 aliphatic rings. The van der Waals surface area contributed by atoms with Crippen molar-refractivity contribution in [1.82, 2.24) is 0 Å². The molecule has 0 bridgehead atoms. The molecule has 5 heteroatoms. The molecule has 4 nitrogen and oxygen atoms in total. The second-order valence-corrected chi connectivity index (χ2v) is 4.13. The second-order valence-electron chi connectivity index (χ2n) is 2.76. The fourth-order valence-electron chi connectivity index (χ4n) is 1.11. The predicted molar refractivity (Wildman–Crippen MR) is 55.2 cm³/mol. The molecule has 1 rings (SSSR count). The third kappa shape index (κ3) is 2.09. The highest BCUT2D eigenvalue weighted by molar-refractivity contribution is 9.09. The summed E-state index contributed by atoms with van der Waals surface area (Å²) in [7, 11) is 0. The van der Waals surface area contributed by atoms with Crippen LogP contribution in [0.1, 0.15) is 22.9 Å². The summed E-state index contributed by atoms with van der Waals surface area (Å²) in [4.78, 5) is 10.1. The van der Waals surface area contributed by atoms with E-state index in [-0.39, 0.29) is 10.5 Å². The Morgan fingerprint density at radius 2 is 2.29 bits per heavy atom. The van der Waals surface area contributed by atoms with Gasteiger partial charge in [-0.3, -0.25) is 10.1 Å². The molecule has 1 aromatic carbocycles. The van der Waals surface area contributed by atoms with Gasteiger partial charge in [0.15, 0.2) is 0 Å². The first kappa shape index (κ1) is 10.7. The Bertz CT molecular complexity index is 410. The summed E-state index contributed by atoms with van der Waals surface area (Å²) in [6, 6.07) is 6.32. The van der Waals surface area contributed by atoms with E-state index in [1.807, 2.05) is 6.07 Å². The van der Waals surface area contributed by atoms with Crippen LogP contribution in [0.25, 0.3) is 0 Å². The molecule has 1 unspecified atom stereocenters. The lowest BCUT2D eigenvalue weighted by atomic mass is 10.1. The van der Waals surface area contributed by atoms with Crippen molar-refractivity contribution in [3.05, 3.63) is 39.4 Å². The molecule has 0 spiro atoms. The smallest absolute Gasteiger partial charge is 0.258 e. The van der Waals surface area contributed by atoms with E-state index >= 15 is 0 Å². The lowest BCUT2D eigenvalue weighted by molar-refractivity contribution is -0.385. The van der Waals surface area contributed by atoms with Gasteiger partial charge in [-0.05, 0) is 19.1 Å². The molecule has 72 valence electrons. The first-order valence-corrected chi connectivity index (χ1v) is 4.80. The zero-order valence-electron chi connectivity index (χ0n) is 7.40. The van der Waals surface area contributed by atoms with Crippen molar-refractivity contribution >= 4 is 21.6 Å². The van der Waals surface area contributed by atoms with Gasteiger partial charge in [0.05, 0.1) is 16.6 Å². The zero-order chi connectivity index (χ0) is 10.7. The quantitative estimate of drug-likeness (QED) is 0.463. The van der Waals surface area contributed by atoms with Gasteiger partial charge in [-0.1, -0.05) is 15.9 Å². The van der Waals surface area contributed by atoms with Gasteiger partial charge >= 0.3 is 0 Å². The summed E-state index contributed by atoms with van der Waals surface area (Å²) in [5.41, 5.74) is 0.857. The van der Waals surface area contributed by atoms with E-state index < -0.39 is 4.92 Å². The van der Waals surface area contributed by atoms with E-state index in [0.29, 0.717) is 11.1 Å². The second kappa shape index (κ2) is 4.20. The Balaban J connectivity index is 3.33. The van der Waals surface area contributed by atoms with Crippen LogP contribution in [0.3, 0.4) is 0 Å². The van der Waals surface area contributed by atoms with Crippen LogP contribution in [0.5, 0.6) is 0 Å². The fraction of sp³-hybridized carbons (Fsp3) is 0.222. The number of hydrogen-bond donors (Lipinski definition) is 0. The number of benzene rings is 1. The molecule has 0 radical (unpaired) electrons. The lowest BCUT2D eigenvalue weighted by Gasteiger charge is -2.04. The number of nitrogens with zero attached hydrogens (tertiary/aromatic N) is 2. The summed E-state index contributed by atoms with van der Waals surface area (Å²) in [5, 5.41) is 19.3. The molecule has 1 atom stereocenters. The van der Waals surface area contributed by atoms with Crippen LogP contribution in [0, 0.1) is 21.4 Å². The number of halogens is 1. The third-order valence-electron chi connectivity index (χ3n) is 1.78. The highest BCUT2D eigenvalue weighted by Gasteiger charge is 2.17. The fourth-order valence-corrected chi connectivity index (χ4v) is 1.49. The molecule has 0 saturated carbocycles. The largest absolute Gasteiger partial charge is 0.275 e. The van der Waals surface area contributed by atoms with Crippen LogP contribution < -0.4 is 0 Å². The van der Waals surface area contributed by atoms with Crippen molar-refractivity contribution in [3.63, 3.8) is 0 Å². The number of nitro groups is 1. The Kier molecular flexibility index (Phi) is 3.20. The zero-order valence-corrected chi connectivity index (χ0v) is 8.98. The first-order valence-electron chi connectivity index (χ1n) is 3.88. The Morgan fingerprint density at radius 1 is 1.64 bits per heavy atom. The number of alkyl halides is 1. The maximum atomic E-state index is 10.7. The summed E-state index contributed by atoms with van der Waals surface area (Å²) >= 11 is 3.26. The van der Waals surface area contributed by atoms with E-state index in [4.69, 9.17) is 5.26 Å². The van der Waals surface area contributed by atoms with Crippen molar-refractivity contribution in [2.75, 3.05) is 0 Å². The van der Waals surface area contributed by atoms with Crippen molar-refractivity contribution < 1.29 is 4.92 Å². The van der Waals surface area contributed by atoms with E-state index in [2.05, 4.69) is 15.9 Å². The predicted octanol–water partition coefficient (Wildman–Crippen LogP) is 2.92. The average molecular weight is 255 g/mol. The number of nitro benzene ring substituents is 1. The number of nitriles is 1. The van der Waals surface area contributed by atoms with Crippen LogP contribution in [-0.4, -0.2) is 4.92 Å². The molecule has 1 aromatic rings. The first-order chi connectivity index (χ1) is 6.56. The molecule has 0 saturated heterocycles. The van der Waals surface area contributed by atoms with Crippen LogP contribution in [0.2, 0.25) is 0 Å². The third-order valence-corrected chi connectivity index (χ3v) is 2.28. The molecule has 0 heterocycles. The summed E-state index contributed by atoms with van der Waals surface area (Å²) in [6.07, 6.45) is 0. The maximum Gasteiger partial charge on any atom is 0.275 e. The molecule has 0 amide bonds. The lowest BCUT2D eigenvalue weighted by Crippen LogP contribution is -1.96. The van der Waals surface area contributed by atoms with Crippen LogP contribution in [0.4, 0.5) is 5.69 Å². The standard InChI is InChI=1S/C9H7BrN2O2/c1-6(10)8-3-2-7(5-11)4-9(8)12(13)14/h2-4,6H,1H3. The van der Waals surface area contributed by atoms with E-state index in [1.165, 1.54) is 6.07 Å². The van der Waals surface area contributed by atoms with Crippen molar-refractivity contribution in [2.24, 2.45) is 0 Å². The highest BCUT2D eigenvalue weighted by Crippen LogP contribution is 2.30. The Labute approximate surface area is 89.4 Å². The molecule has 0 N–H and O–H groups in total. The molecule has 0 aliphatic heterocycles. The minimum atomic E-state index is -0.478. The Hall–Kier alpha value is -1.41. The molecule has 0 aromatic heterocycles. The normalized spacial score (nSPS) is 11.8. The number of hydrogen-bond acceptors (Lipinski definition) is 3. The SMILES string of the molecule is CC(Br)c1ccc(C#N)cc1[N+](=O)[O-]. The molecule has 14 heavy (non-hydrogen) atoms. The van der Waals surface area contributed by atoms with Crippen LogP contribution >= 0.6 is 15.9 Å². The Morgan fingerprint density at radius 3 is 2.71 bits per heavy atom. The van der Waals surface area contributed by atoms with Gasteiger partial charge < -0.3 is 0 Å². The molecule has 0 aliphatic carbocycles. The monoisotopic (exact) mass is 254 g/mol. The van der Waals surface area contributed by atoms with Crippen molar-refractivity contribution in [1.29, 1.82) is 5.26 Å². The van der Waals surface area contributed by atoms with E-state index in [9.17, 15) is 10.1 Å². The summed E-state index contributed by atoms with van der Waals surface area (Å²) in [6.45, 7) is 1.80. The van der Waals surface area contributed by atoms with Gasteiger partial charge in [-0.15, -0.1) is 0 Å². The highest BCUT2D eigenvalue weighted by atomic mass is 79.9. The van der Waals surface area contributed by atoms with E-state index in [0.717, 1.165) is 0 Å². The van der Waals surface area contributed by atoms with Crippen molar-refractivity contribution in [2.45, 2.75) is 11.8 Å². The van der Waals surface area contributed by atoms with Gasteiger partial charge in [0, 0.05) is 16.5 Å². The topological polar surface area (TPSA) is 66.9 Å². The minimum absolute atomic E-state index is 0.0200. The van der Waals surface area contributed by atoms with E-state index in [1.54, 1.807) is 19.1 Å². The van der Waals surface area contributed by atoms with Gasteiger partial charge in [-0.2, -0.15) is 5.26 Å². The van der Waals surface area contributed by atoms with Gasteiger partial charge in [0.1, 0.15) is 0 Å². The maximum absolute atomic E-state index is 10.7. The minimum Gasteiger partial charge on any atom is -0.258 e. The summed E-state index contributed by atoms with van der Waals surface area (Å²) in [5.74, 6) is 0. The van der Waals surface area contributed by atoms with Crippen LogP contribution in [0.15, 0.2) is 18.2 Å². The molecule has 0 fully saturated rings. The molecular weight excluding hydrogens is 248 g/mol. The van der Waals surface area contributed by atoms with Gasteiger partial charge in [0.2, 0.25) is 0 Å². The summed E-state index contributed by atoms with van der Waals surface area (Å²) < 4.78 is 0.